The molecule has 1 saturated heterocycles. The molecule has 1 aliphatic rings. The normalized spacial score (nSPS) is 15.7. The maximum absolute atomic E-state index is 12.5. The molecule has 5 nitrogen and oxygen atoms in total. The van der Waals surface area contributed by atoms with Crippen molar-refractivity contribution >= 4 is 11.7 Å². The molecule has 0 aliphatic carbocycles. The number of hydrogen-bond donors (Lipinski definition) is 1. The zero-order valence-electron chi connectivity index (χ0n) is 18.6. The van der Waals surface area contributed by atoms with Crippen molar-refractivity contribution in [2.75, 3.05) is 33.2 Å². The second-order valence-corrected chi connectivity index (χ2v) is 9.24. The highest BCUT2D eigenvalue weighted by molar-refractivity contribution is 6.42. The van der Waals surface area contributed by atoms with Crippen molar-refractivity contribution in [3.8, 4) is 0 Å². The Bertz CT molecular complexity index is 876. The number of carbonyl (C=O) groups excluding carboxylic acids is 2. The second-order valence-electron chi connectivity index (χ2n) is 9.24. The van der Waals surface area contributed by atoms with Crippen LogP contribution in [0.4, 0.5) is 0 Å². The molecule has 1 heterocycles. The Hall–Kier alpha value is -2.50. The largest absolute Gasteiger partial charge is 0.345 e. The number of nitrogens with zero attached hydrogens (tertiary/aromatic N) is 2. The quantitative estimate of drug-likeness (QED) is 0.590. The van der Waals surface area contributed by atoms with Gasteiger partial charge in [-0.3, -0.25) is 14.5 Å². The van der Waals surface area contributed by atoms with Crippen LogP contribution in [0, 0.1) is 0 Å². The monoisotopic (exact) mass is 407 g/mol. The molecule has 1 aliphatic heterocycles. The molecule has 0 unspecified atom stereocenters. The third-order valence-electron chi connectivity index (χ3n) is 5.67. The lowest BCUT2D eigenvalue weighted by Crippen LogP contribution is -2.43. The lowest BCUT2D eigenvalue weighted by atomic mass is 9.86. The van der Waals surface area contributed by atoms with E-state index in [0.717, 1.165) is 43.9 Å². The van der Waals surface area contributed by atoms with Gasteiger partial charge in [0.25, 0.3) is 5.91 Å². The van der Waals surface area contributed by atoms with E-state index in [1.165, 1.54) is 5.56 Å². The molecular weight excluding hydrogens is 374 g/mol. The summed E-state index contributed by atoms with van der Waals surface area (Å²) in [6.45, 7) is 11.9. The topological polar surface area (TPSA) is 52.6 Å². The van der Waals surface area contributed by atoms with E-state index in [0.29, 0.717) is 12.1 Å². The van der Waals surface area contributed by atoms with Crippen molar-refractivity contribution in [1.29, 1.82) is 0 Å². The predicted molar refractivity (Wildman–Crippen MR) is 121 cm³/mol. The SMILES string of the molecule is CN1CCN(Cc2cccc(CNC(=O)C(=O)c3ccc(C(C)(C)C)cc3)c2)CC1. The Morgan fingerprint density at radius 3 is 2.20 bits per heavy atom. The van der Waals surface area contributed by atoms with Gasteiger partial charge in [0.2, 0.25) is 5.78 Å². The van der Waals surface area contributed by atoms with Crippen LogP contribution in [0.3, 0.4) is 0 Å². The van der Waals surface area contributed by atoms with Gasteiger partial charge in [-0.05, 0) is 29.2 Å². The standard InChI is InChI=1S/C25H33N3O2/c1-25(2,3)22-10-8-21(9-11-22)23(29)24(30)26-17-19-6-5-7-20(16-19)18-28-14-12-27(4)13-15-28/h5-11,16H,12-15,17-18H2,1-4H3,(H,26,30). The summed E-state index contributed by atoms with van der Waals surface area (Å²) >= 11 is 0. The summed E-state index contributed by atoms with van der Waals surface area (Å²) in [5.41, 5.74) is 3.81. The molecule has 0 spiro atoms. The van der Waals surface area contributed by atoms with E-state index in [4.69, 9.17) is 0 Å². The fourth-order valence-corrected chi connectivity index (χ4v) is 3.62. The first-order valence-electron chi connectivity index (χ1n) is 10.6. The van der Waals surface area contributed by atoms with E-state index in [1.807, 2.05) is 24.3 Å². The average molecular weight is 408 g/mol. The highest BCUT2D eigenvalue weighted by atomic mass is 16.2. The molecule has 0 saturated carbocycles. The lowest BCUT2D eigenvalue weighted by molar-refractivity contribution is -0.117. The molecule has 2 aromatic carbocycles. The number of hydrogen-bond acceptors (Lipinski definition) is 4. The molecule has 0 radical (unpaired) electrons. The Labute approximate surface area is 180 Å². The van der Waals surface area contributed by atoms with Gasteiger partial charge < -0.3 is 10.2 Å². The van der Waals surface area contributed by atoms with E-state index in [1.54, 1.807) is 12.1 Å². The minimum absolute atomic E-state index is 0.0129. The molecule has 160 valence electrons. The minimum Gasteiger partial charge on any atom is -0.345 e. The predicted octanol–water partition coefficient (Wildman–Crippen LogP) is 3.23. The van der Waals surface area contributed by atoms with Gasteiger partial charge in [0, 0.05) is 44.8 Å². The summed E-state index contributed by atoms with van der Waals surface area (Å²) in [5, 5.41) is 2.77. The van der Waals surface area contributed by atoms with E-state index in [2.05, 4.69) is 55.1 Å². The molecule has 1 fully saturated rings. The Morgan fingerprint density at radius 1 is 0.933 bits per heavy atom. The van der Waals surface area contributed by atoms with Gasteiger partial charge in [-0.25, -0.2) is 0 Å². The zero-order chi connectivity index (χ0) is 21.7. The summed E-state index contributed by atoms with van der Waals surface area (Å²) in [6.07, 6.45) is 0. The molecule has 3 rings (SSSR count). The third kappa shape index (κ3) is 6.00. The first kappa shape index (κ1) is 22.2. The Kier molecular flexibility index (Phi) is 7.06. The number of amides is 1. The van der Waals surface area contributed by atoms with Crippen LogP contribution in [0.1, 0.15) is 47.8 Å². The highest BCUT2D eigenvalue weighted by Gasteiger charge is 2.18. The van der Waals surface area contributed by atoms with Crippen molar-refractivity contribution in [3.05, 3.63) is 70.8 Å². The van der Waals surface area contributed by atoms with Crippen LogP contribution in [0.5, 0.6) is 0 Å². The molecule has 30 heavy (non-hydrogen) atoms. The first-order chi connectivity index (χ1) is 14.2. The van der Waals surface area contributed by atoms with Gasteiger partial charge >= 0.3 is 0 Å². The number of likely N-dealkylation sites (N-methyl/N-ethyl adjacent to an activating group) is 1. The number of rotatable bonds is 6. The maximum Gasteiger partial charge on any atom is 0.292 e. The van der Waals surface area contributed by atoms with Crippen LogP contribution in [-0.4, -0.2) is 54.7 Å². The summed E-state index contributed by atoms with van der Waals surface area (Å²) in [6, 6.07) is 15.5. The summed E-state index contributed by atoms with van der Waals surface area (Å²) in [5.74, 6) is -1.06. The third-order valence-corrected chi connectivity index (χ3v) is 5.67. The van der Waals surface area contributed by atoms with Crippen molar-refractivity contribution in [2.45, 2.75) is 39.3 Å². The molecule has 0 atom stereocenters. The Morgan fingerprint density at radius 2 is 1.57 bits per heavy atom. The van der Waals surface area contributed by atoms with Crippen molar-refractivity contribution in [3.63, 3.8) is 0 Å². The van der Waals surface area contributed by atoms with Gasteiger partial charge in [-0.1, -0.05) is 69.3 Å². The number of nitrogens with one attached hydrogen (secondary N) is 1. The Balaban J connectivity index is 1.54. The van der Waals surface area contributed by atoms with Crippen LogP contribution in [0.2, 0.25) is 0 Å². The molecule has 2 aromatic rings. The summed E-state index contributed by atoms with van der Waals surface area (Å²) in [4.78, 5) is 29.6. The molecule has 1 N–H and O–H groups in total. The number of ketones is 1. The number of Topliss-reactive ketones (excluding diaryl/α,β-unsaturated/α-hetero) is 1. The smallest absolute Gasteiger partial charge is 0.292 e. The molecule has 1 amide bonds. The van der Waals surface area contributed by atoms with Gasteiger partial charge in [0.1, 0.15) is 0 Å². The second kappa shape index (κ2) is 9.54. The van der Waals surface area contributed by atoms with Crippen LogP contribution < -0.4 is 5.32 Å². The fraction of sp³-hybridized carbons (Fsp3) is 0.440. The van der Waals surface area contributed by atoms with Crippen LogP contribution in [0.15, 0.2) is 48.5 Å². The van der Waals surface area contributed by atoms with Gasteiger partial charge in [0.15, 0.2) is 0 Å². The van der Waals surface area contributed by atoms with E-state index in [-0.39, 0.29) is 5.41 Å². The number of carbonyl (C=O) groups is 2. The summed E-state index contributed by atoms with van der Waals surface area (Å²) < 4.78 is 0. The van der Waals surface area contributed by atoms with Gasteiger partial charge in [0.05, 0.1) is 0 Å². The van der Waals surface area contributed by atoms with Crippen LogP contribution in [0.25, 0.3) is 0 Å². The fourth-order valence-electron chi connectivity index (χ4n) is 3.62. The molecule has 5 heteroatoms. The first-order valence-corrected chi connectivity index (χ1v) is 10.6. The minimum atomic E-state index is -0.567. The van der Waals surface area contributed by atoms with Gasteiger partial charge in [-0.15, -0.1) is 0 Å². The van der Waals surface area contributed by atoms with Gasteiger partial charge in [-0.2, -0.15) is 0 Å². The number of piperazine rings is 1. The summed E-state index contributed by atoms with van der Waals surface area (Å²) in [7, 11) is 2.15. The van der Waals surface area contributed by atoms with E-state index >= 15 is 0 Å². The molecule has 0 bridgehead atoms. The highest BCUT2D eigenvalue weighted by Crippen LogP contribution is 2.22. The van der Waals surface area contributed by atoms with Crippen molar-refractivity contribution in [1.82, 2.24) is 15.1 Å². The average Bonchev–Trinajstić information content (AvgIpc) is 2.73. The molecular formula is C25H33N3O2. The van der Waals surface area contributed by atoms with Crippen molar-refractivity contribution < 1.29 is 9.59 Å². The van der Waals surface area contributed by atoms with E-state index in [9.17, 15) is 9.59 Å². The van der Waals surface area contributed by atoms with Crippen LogP contribution in [-0.2, 0) is 23.3 Å². The number of benzene rings is 2. The lowest BCUT2D eigenvalue weighted by Gasteiger charge is -2.32. The van der Waals surface area contributed by atoms with Crippen LogP contribution >= 0.6 is 0 Å². The van der Waals surface area contributed by atoms with Crippen molar-refractivity contribution in [2.24, 2.45) is 0 Å². The maximum atomic E-state index is 12.5. The molecule has 0 aromatic heterocycles. The zero-order valence-corrected chi connectivity index (χ0v) is 18.6. The van der Waals surface area contributed by atoms with E-state index < -0.39 is 11.7 Å².